The molecule has 0 saturated carbocycles. The molecule has 13 nitrogen and oxygen atoms in total. The van der Waals surface area contributed by atoms with Crippen molar-refractivity contribution in [3.05, 3.63) is 0 Å². The Morgan fingerprint density at radius 1 is 0.718 bits per heavy atom. The summed E-state index contributed by atoms with van der Waals surface area (Å²) in [5.74, 6) is -1.68. The van der Waals surface area contributed by atoms with Crippen molar-refractivity contribution in [1.82, 2.24) is 10.2 Å². The highest BCUT2D eigenvalue weighted by Crippen LogP contribution is 2.20. The predicted octanol–water partition coefficient (Wildman–Crippen LogP) is 4.80. The summed E-state index contributed by atoms with van der Waals surface area (Å²) in [5, 5.41) is 20.1. The van der Waals surface area contributed by atoms with E-state index in [1.54, 1.807) is 62.3 Å². The monoisotopic (exact) mass is 564 g/mol. The minimum absolute atomic E-state index is 0. The van der Waals surface area contributed by atoms with Gasteiger partial charge in [0.05, 0.1) is 0 Å². The molecule has 0 unspecified atom stereocenters. The van der Waals surface area contributed by atoms with Gasteiger partial charge in [0, 0.05) is 6.54 Å². The first-order valence-electron chi connectivity index (χ1n) is 12.4. The van der Waals surface area contributed by atoms with Gasteiger partial charge in [0.1, 0.15) is 28.9 Å². The number of carbonyl (C=O) groups is 5. The van der Waals surface area contributed by atoms with Crippen molar-refractivity contribution >= 4 is 30.3 Å². The van der Waals surface area contributed by atoms with Gasteiger partial charge in [-0.1, -0.05) is 7.43 Å². The molecule has 0 aliphatic carbocycles. The van der Waals surface area contributed by atoms with Gasteiger partial charge in [0.2, 0.25) is 0 Å². The van der Waals surface area contributed by atoms with Crippen LogP contribution in [-0.4, -0.2) is 87.4 Å². The molecule has 0 spiro atoms. The summed E-state index contributed by atoms with van der Waals surface area (Å²) >= 11 is 0. The molecule has 3 N–H and O–H groups in total. The van der Waals surface area contributed by atoms with Crippen LogP contribution in [-0.2, 0) is 28.5 Å². The van der Waals surface area contributed by atoms with E-state index >= 15 is 0 Å². The van der Waals surface area contributed by atoms with Crippen LogP contribution in [0, 0.1) is 0 Å². The van der Waals surface area contributed by atoms with E-state index in [1.807, 2.05) is 0 Å². The summed E-state index contributed by atoms with van der Waals surface area (Å²) in [5.41, 5.74) is -1.97. The highest BCUT2D eigenvalue weighted by molar-refractivity contribution is 5.80. The summed E-state index contributed by atoms with van der Waals surface area (Å²) < 4.78 is 18.9. The lowest BCUT2D eigenvalue weighted by Crippen LogP contribution is -2.43. The molecular formula is C26H48N2O11. The van der Waals surface area contributed by atoms with Crippen LogP contribution in [0.25, 0.3) is 0 Å². The Kier molecular flexibility index (Phi) is 15.7. The van der Waals surface area contributed by atoms with Crippen molar-refractivity contribution in [3.63, 3.8) is 0 Å². The third kappa shape index (κ3) is 18.7. The summed E-state index contributed by atoms with van der Waals surface area (Å²) in [7, 11) is 0. The maximum atomic E-state index is 11.6. The second-order valence-corrected chi connectivity index (χ2v) is 11.7. The molecule has 0 radical (unpaired) electrons. The number of aliphatic carboxylic acids is 2. The summed E-state index contributed by atoms with van der Waals surface area (Å²) in [4.78, 5) is 55.9. The highest BCUT2D eigenvalue weighted by atomic mass is 16.8. The lowest BCUT2D eigenvalue weighted by Gasteiger charge is -2.26. The SMILES string of the molecule is C.CC(C)(C)OC(=O)N1CCC[C@@H]1C(=O)O.CC(C)(C)OC(=O)OC(=O)OC(C)(C)C.O=C(O)[C@H]1CCCN1. The van der Waals surface area contributed by atoms with Crippen LogP contribution in [0.1, 0.15) is 95.4 Å². The molecule has 39 heavy (non-hydrogen) atoms. The molecule has 0 bridgehead atoms. The van der Waals surface area contributed by atoms with E-state index < -0.39 is 53.2 Å². The number of carboxylic acid groups (broad SMARTS) is 2. The molecule has 0 aromatic rings. The number of carboxylic acids is 2. The number of nitrogens with one attached hydrogen (secondary N) is 1. The van der Waals surface area contributed by atoms with Gasteiger partial charge in [-0.05, 0) is 94.5 Å². The molecule has 2 fully saturated rings. The van der Waals surface area contributed by atoms with E-state index in [-0.39, 0.29) is 13.5 Å². The number of hydrogen-bond donors (Lipinski definition) is 3. The number of amides is 1. The number of ether oxygens (including phenoxy) is 4. The molecule has 1 amide bonds. The first-order valence-corrected chi connectivity index (χ1v) is 12.4. The molecule has 228 valence electrons. The maximum Gasteiger partial charge on any atom is 0.519 e. The minimum Gasteiger partial charge on any atom is -0.480 e. The van der Waals surface area contributed by atoms with Gasteiger partial charge in [-0.15, -0.1) is 0 Å². The number of carbonyl (C=O) groups excluding carboxylic acids is 3. The Balaban J connectivity index is 0. The second kappa shape index (κ2) is 16.1. The van der Waals surface area contributed by atoms with Crippen LogP contribution in [0.15, 0.2) is 0 Å². The van der Waals surface area contributed by atoms with Crippen LogP contribution in [0.5, 0.6) is 0 Å². The van der Waals surface area contributed by atoms with E-state index in [2.05, 4.69) is 10.1 Å². The summed E-state index contributed by atoms with van der Waals surface area (Å²) in [6, 6.07) is -0.991. The van der Waals surface area contributed by atoms with Gasteiger partial charge in [-0.3, -0.25) is 9.69 Å². The number of rotatable bonds is 2. The topological polar surface area (TPSA) is 178 Å². The van der Waals surface area contributed by atoms with E-state index in [0.717, 1.165) is 25.8 Å². The molecule has 13 heteroatoms. The minimum atomic E-state index is -1.06. The van der Waals surface area contributed by atoms with Crippen LogP contribution in [0.2, 0.25) is 0 Å². The fraction of sp³-hybridized carbons (Fsp3) is 0.808. The van der Waals surface area contributed by atoms with E-state index in [4.69, 9.17) is 24.4 Å². The molecule has 2 rings (SSSR count). The van der Waals surface area contributed by atoms with Gasteiger partial charge < -0.3 is 34.5 Å². The molecule has 0 aromatic carbocycles. The summed E-state index contributed by atoms with van der Waals surface area (Å²) in [6.07, 6.45) is 0.359. The number of likely N-dealkylation sites (tertiary alicyclic amines) is 1. The molecule has 2 aliphatic rings. The predicted molar refractivity (Wildman–Crippen MR) is 143 cm³/mol. The van der Waals surface area contributed by atoms with Gasteiger partial charge in [0.15, 0.2) is 0 Å². The van der Waals surface area contributed by atoms with Crippen molar-refractivity contribution < 1.29 is 53.1 Å². The quantitative estimate of drug-likeness (QED) is 0.237. The van der Waals surface area contributed by atoms with Crippen LogP contribution in [0.3, 0.4) is 0 Å². The lowest BCUT2D eigenvalue weighted by atomic mass is 10.2. The third-order valence-corrected chi connectivity index (χ3v) is 4.47. The van der Waals surface area contributed by atoms with Crippen LogP contribution in [0.4, 0.5) is 14.4 Å². The Labute approximate surface area is 231 Å². The normalized spacial score (nSPS) is 18.6. The van der Waals surface area contributed by atoms with E-state index in [9.17, 15) is 24.0 Å². The molecule has 2 saturated heterocycles. The second-order valence-electron chi connectivity index (χ2n) is 11.7. The zero-order valence-electron chi connectivity index (χ0n) is 23.9. The average Bonchev–Trinajstić information content (AvgIpc) is 3.37. The molecule has 0 aromatic heterocycles. The molecular weight excluding hydrogens is 516 g/mol. The van der Waals surface area contributed by atoms with Crippen molar-refractivity contribution in [2.75, 3.05) is 13.1 Å². The van der Waals surface area contributed by atoms with Crippen molar-refractivity contribution in [2.24, 2.45) is 0 Å². The van der Waals surface area contributed by atoms with Crippen molar-refractivity contribution in [1.29, 1.82) is 0 Å². The summed E-state index contributed by atoms with van der Waals surface area (Å²) in [6.45, 7) is 16.6. The van der Waals surface area contributed by atoms with E-state index in [0.29, 0.717) is 13.0 Å². The molecule has 2 aliphatic heterocycles. The maximum absolute atomic E-state index is 11.6. The van der Waals surface area contributed by atoms with Gasteiger partial charge in [0.25, 0.3) is 0 Å². The first-order chi connectivity index (χ1) is 17.1. The Hall–Kier alpha value is -3.09. The Morgan fingerprint density at radius 3 is 1.49 bits per heavy atom. The number of nitrogens with zero attached hydrogens (tertiary/aromatic N) is 1. The molecule has 2 atom stereocenters. The lowest BCUT2D eigenvalue weighted by molar-refractivity contribution is -0.142. The Morgan fingerprint density at radius 2 is 1.18 bits per heavy atom. The zero-order valence-corrected chi connectivity index (χ0v) is 23.9. The smallest absolute Gasteiger partial charge is 0.480 e. The average molecular weight is 565 g/mol. The fourth-order valence-electron chi connectivity index (χ4n) is 3.07. The Bertz CT molecular complexity index is 791. The van der Waals surface area contributed by atoms with Crippen LogP contribution >= 0.6 is 0 Å². The van der Waals surface area contributed by atoms with Gasteiger partial charge >= 0.3 is 30.3 Å². The van der Waals surface area contributed by atoms with Crippen molar-refractivity contribution in [2.45, 2.75) is 124 Å². The van der Waals surface area contributed by atoms with Crippen LogP contribution < -0.4 is 5.32 Å². The highest BCUT2D eigenvalue weighted by Gasteiger charge is 2.36. The zero-order chi connectivity index (χ0) is 29.9. The van der Waals surface area contributed by atoms with Crippen molar-refractivity contribution in [3.8, 4) is 0 Å². The standard InChI is InChI=1S/C10H17NO4.C10H18O5.C5H9NO2.CH4/c1-10(2,3)15-9(14)11-6-4-5-7(11)8(12)13;1-9(2,3)14-7(11)13-8(12)15-10(4,5)6;7-5(8)4-2-1-3-6-4;/h7H,4-6H2,1-3H3,(H,12,13);1-6H3;4,6H,1-3H2,(H,7,8);1H4/t7-;;4-;/m1.1./s1. The van der Waals surface area contributed by atoms with Gasteiger partial charge in [-0.2, -0.15) is 0 Å². The third-order valence-electron chi connectivity index (χ3n) is 4.47. The first kappa shape index (κ1) is 38.1. The van der Waals surface area contributed by atoms with E-state index in [1.165, 1.54) is 4.90 Å². The van der Waals surface area contributed by atoms with Gasteiger partial charge in [-0.25, -0.2) is 19.2 Å². The molecule has 2 heterocycles. The fourth-order valence-corrected chi connectivity index (χ4v) is 3.07. The number of hydrogen-bond acceptors (Lipinski definition) is 10. The largest absolute Gasteiger partial charge is 0.519 e.